The fraction of sp³-hybridized carbons (Fsp3) is 0.250. The quantitative estimate of drug-likeness (QED) is 0.485. The van der Waals surface area contributed by atoms with Crippen LogP contribution in [0.3, 0.4) is 0 Å². The number of aryl methyl sites for hydroxylation is 1. The van der Waals surface area contributed by atoms with E-state index in [1.807, 2.05) is 37.3 Å². The highest BCUT2D eigenvalue weighted by Crippen LogP contribution is 2.21. The molecule has 3 N–H and O–H groups in total. The molecule has 3 rings (SSSR count). The molecular weight excluding hydrogens is 358 g/mol. The van der Waals surface area contributed by atoms with E-state index in [0.717, 1.165) is 17.5 Å². The van der Waals surface area contributed by atoms with Crippen molar-refractivity contribution in [3.63, 3.8) is 0 Å². The van der Waals surface area contributed by atoms with Gasteiger partial charge >= 0.3 is 0 Å². The van der Waals surface area contributed by atoms with Gasteiger partial charge in [0, 0.05) is 5.56 Å². The number of amides is 1. The molecule has 2 aromatic carbocycles. The van der Waals surface area contributed by atoms with Gasteiger partial charge in [0.15, 0.2) is 5.82 Å². The first-order valence-electron chi connectivity index (χ1n) is 8.85. The molecule has 1 heterocycles. The van der Waals surface area contributed by atoms with Crippen LogP contribution in [0.5, 0.6) is 0 Å². The van der Waals surface area contributed by atoms with Crippen LogP contribution in [0.4, 0.5) is 0 Å². The maximum absolute atomic E-state index is 12.3. The summed E-state index contributed by atoms with van der Waals surface area (Å²) in [4.78, 5) is 12.3. The average molecular weight is 382 g/mol. The topological polar surface area (TPSA) is 85.8 Å². The minimum absolute atomic E-state index is 0.0559. The van der Waals surface area contributed by atoms with E-state index < -0.39 is 0 Å². The van der Waals surface area contributed by atoms with E-state index in [1.54, 1.807) is 0 Å². The largest absolute Gasteiger partial charge is 0.349 e. The molecule has 1 amide bonds. The van der Waals surface area contributed by atoms with Gasteiger partial charge in [-0.3, -0.25) is 4.79 Å². The molecule has 0 aliphatic heterocycles. The van der Waals surface area contributed by atoms with E-state index in [0.29, 0.717) is 11.0 Å². The SMILES string of the molecule is CCc1ccc(C(C)NC(=O)CSc2nnc(-c3ccccc3)n2N)cc1. The predicted octanol–water partition coefficient (Wildman–Crippen LogP) is 3.19. The number of rotatable bonds is 7. The maximum atomic E-state index is 12.3. The monoisotopic (exact) mass is 381 g/mol. The van der Waals surface area contributed by atoms with Gasteiger partial charge in [0.05, 0.1) is 11.8 Å². The Morgan fingerprint density at radius 1 is 1.15 bits per heavy atom. The normalized spacial score (nSPS) is 11.9. The van der Waals surface area contributed by atoms with Crippen LogP contribution in [0.1, 0.15) is 31.0 Å². The number of nitrogens with one attached hydrogen (secondary N) is 1. The lowest BCUT2D eigenvalue weighted by Crippen LogP contribution is -2.28. The third-order valence-electron chi connectivity index (χ3n) is 4.29. The highest BCUT2D eigenvalue weighted by molar-refractivity contribution is 7.99. The van der Waals surface area contributed by atoms with Crippen molar-refractivity contribution < 1.29 is 4.79 Å². The van der Waals surface area contributed by atoms with Gasteiger partial charge < -0.3 is 11.2 Å². The summed E-state index contributed by atoms with van der Waals surface area (Å²) in [6.07, 6.45) is 1.00. The van der Waals surface area contributed by atoms with Crippen LogP contribution in [0.25, 0.3) is 11.4 Å². The van der Waals surface area contributed by atoms with E-state index >= 15 is 0 Å². The summed E-state index contributed by atoms with van der Waals surface area (Å²) in [6, 6.07) is 17.8. The number of carbonyl (C=O) groups excluding carboxylic acids is 1. The molecule has 0 aliphatic rings. The first-order chi connectivity index (χ1) is 13.1. The number of hydrogen-bond donors (Lipinski definition) is 2. The first-order valence-corrected chi connectivity index (χ1v) is 9.84. The highest BCUT2D eigenvalue weighted by Gasteiger charge is 2.15. The van der Waals surface area contributed by atoms with Crippen molar-refractivity contribution in [2.24, 2.45) is 0 Å². The van der Waals surface area contributed by atoms with E-state index in [2.05, 4.69) is 46.7 Å². The standard InChI is InChI=1S/C20H23N5OS/c1-3-15-9-11-16(12-10-15)14(2)22-18(26)13-27-20-24-23-19(25(20)21)17-7-5-4-6-8-17/h4-12,14H,3,13,21H2,1-2H3,(H,22,26). The number of nitrogen functional groups attached to an aromatic ring is 1. The van der Waals surface area contributed by atoms with Gasteiger partial charge in [-0.05, 0) is 24.5 Å². The number of carbonyl (C=O) groups is 1. The van der Waals surface area contributed by atoms with Gasteiger partial charge in [0.1, 0.15) is 0 Å². The van der Waals surface area contributed by atoms with Crippen molar-refractivity contribution in [1.29, 1.82) is 0 Å². The molecule has 6 nitrogen and oxygen atoms in total. The van der Waals surface area contributed by atoms with E-state index in [9.17, 15) is 4.79 Å². The average Bonchev–Trinajstić information content (AvgIpc) is 3.07. The summed E-state index contributed by atoms with van der Waals surface area (Å²) in [7, 11) is 0. The number of thioether (sulfide) groups is 1. The lowest BCUT2D eigenvalue weighted by atomic mass is 10.1. The maximum Gasteiger partial charge on any atom is 0.230 e. The minimum atomic E-state index is -0.0728. The summed E-state index contributed by atoms with van der Waals surface area (Å²) >= 11 is 1.27. The molecule has 0 radical (unpaired) electrons. The van der Waals surface area contributed by atoms with E-state index in [-0.39, 0.29) is 17.7 Å². The Morgan fingerprint density at radius 3 is 2.52 bits per heavy atom. The van der Waals surface area contributed by atoms with Crippen LogP contribution >= 0.6 is 11.8 Å². The lowest BCUT2D eigenvalue weighted by Gasteiger charge is -2.14. The molecule has 1 unspecified atom stereocenters. The molecule has 0 aliphatic carbocycles. The molecule has 1 aromatic heterocycles. The molecule has 27 heavy (non-hydrogen) atoms. The third kappa shape index (κ3) is 4.68. The Bertz CT molecular complexity index is 892. The van der Waals surface area contributed by atoms with Crippen LogP contribution in [-0.4, -0.2) is 26.5 Å². The molecule has 3 aromatic rings. The molecule has 140 valence electrons. The van der Waals surface area contributed by atoms with Gasteiger partial charge in [0.2, 0.25) is 11.1 Å². The summed E-state index contributed by atoms with van der Waals surface area (Å²) in [5, 5.41) is 11.7. The Morgan fingerprint density at radius 2 is 1.85 bits per heavy atom. The summed E-state index contributed by atoms with van der Waals surface area (Å²) in [5.74, 6) is 6.80. The summed E-state index contributed by atoms with van der Waals surface area (Å²) in [5.41, 5.74) is 3.25. The second-order valence-corrected chi connectivity index (χ2v) is 7.16. The smallest absolute Gasteiger partial charge is 0.230 e. The molecule has 0 saturated heterocycles. The lowest BCUT2D eigenvalue weighted by molar-refractivity contribution is -0.119. The molecule has 0 bridgehead atoms. The van der Waals surface area contributed by atoms with Crippen molar-refractivity contribution in [2.75, 3.05) is 11.6 Å². The molecule has 7 heteroatoms. The van der Waals surface area contributed by atoms with Crippen molar-refractivity contribution >= 4 is 17.7 Å². The molecule has 0 fully saturated rings. The summed E-state index contributed by atoms with van der Waals surface area (Å²) < 4.78 is 1.42. The molecular formula is C20H23N5OS. The van der Waals surface area contributed by atoms with Crippen molar-refractivity contribution in [3.05, 3.63) is 65.7 Å². The van der Waals surface area contributed by atoms with Gasteiger partial charge in [-0.15, -0.1) is 10.2 Å². The minimum Gasteiger partial charge on any atom is -0.349 e. The fourth-order valence-electron chi connectivity index (χ4n) is 2.70. The Hall–Kier alpha value is -2.80. The fourth-order valence-corrected chi connectivity index (χ4v) is 3.37. The van der Waals surface area contributed by atoms with Crippen molar-refractivity contribution in [1.82, 2.24) is 20.2 Å². The number of aromatic nitrogens is 3. The molecule has 0 saturated carbocycles. The highest BCUT2D eigenvalue weighted by atomic mass is 32.2. The number of benzene rings is 2. The van der Waals surface area contributed by atoms with Gasteiger partial charge in [-0.1, -0.05) is 73.3 Å². The third-order valence-corrected chi connectivity index (χ3v) is 5.24. The van der Waals surface area contributed by atoms with Gasteiger partial charge in [-0.25, -0.2) is 4.68 Å². The number of nitrogens with two attached hydrogens (primary N) is 1. The zero-order valence-electron chi connectivity index (χ0n) is 15.4. The first kappa shape index (κ1) is 19.0. The Balaban J connectivity index is 1.57. The van der Waals surface area contributed by atoms with Gasteiger partial charge in [0.25, 0.3) is 0 Å². The van der Waals surface area contributed by atoms with Crippen LogP contribution in [0, 0.1) is 0 Å². The predicted molar refractivity (Wildman–Crippen MR) is 109 cm³/mol. The molecule has 1 atom stereocenters. The second-order valence-electron chi connectivity index (χ2n) is 6.22. The van der Waals surface area contributed by atoms with Crippen LogP contribution < -0.4 is 11.2 Å². The van der Waals surface area contributed by atoms with Crippen LogP contribution in [-0.2, 0) is 11.2 Å². The Labute approximate surface area is 163 Å². The van der Waals surface area contributed by atoms with Crippen LogP contribution in [0.2, 0.25) is 0 Å². The van der Waals surface area contributed by atoms with E-state index in [4.69, 9.17) is 5.84 Å². The number of hydrogen-bond acceptors (Lipinski definition) is 5. The summed E-state index contributed by atoms with van der Waals surface area (Å²) in [6.45, 7) is 4.10. The van der Waals surface area contributed by atoms with Crippen molar-refractivity contribution in [2.45, 2.75) is 31.5 Å². The zero-order chi connectivity index (χ0) is 19.2. The zero-order valence-corrected chi connectivity index (χ0v) is 16.2. The van der Waals surface area contributed by atoms with Crippen LogP contribution in [0.15, 0.2) is 59.8 Å². The number of nitrogens with zero attached hydrogens (tertiary/aromatic N) is 3. The second kappa shape index (κ2) is 8.73. The van der Waals surface area contributed by atoms with Gasteiger partial charge in [-0.2, -0.15) is 0 Å². The Kier molecular flexibility index (Phi) is 6.13. The molecule has 0 spiro atoms. The van der Waals surface area contributed by atoms with E-state index in [1.165, 1.54) is 22.0 Å². The van der Waals surface area contributed by atoms with Crippen molar-refractivity contribution in [3.8, 4) is 11.4 Å².